The first-order chi connectivity index (χ1) is 37.9. The van der Waals surface area contributed by atoms with E-state index >= 15 is 0 Å². The lowest BCUT2D eigenvalue weighted by Crippen LogP contribution is -2.16. The highest BCUT2D eigenvalue weighted by atomic mass is 15.1. The summed E-state index contributed by atoms with van der Waals surface area (Å²) < 4.78 is 0. The largest absolute Gasteiger partial charge is 0.311 e. The van der Waals surface area contributed by atoms with Gasteiger partial charge < -0.3 is 9.80 Å². The van der Waals surface area contributed by atoms with Gasteiger partial charge in [-0.25, -0.2) is 0 Å². The Morgan fingerprint density at radius 2 is 0.506 bits per heavy atom. The molecular weight excluding hydrogens is 929 g/mol. The van der Waals surface area contributed by atoms with Gasteiger partial charge in [0.2, 0.25) is 0 Å². The van der Waals surface area contributed by atoms with Crippen LogP contribution in [0.2, 0.25) is 0 Å². The van der Waals surface area contributed by atoms with E-state index in [9.17, 15) is 0 Å². The monoisotopic (exact) mass is 984 g/mol. The lowest BCUT2D eigenvalue weighted by Gasteiger charge is -2.29. The Morgan fingerprint density at radius 1 is 0.195 bits per heavy atom. The zero-order valence-electron chi connectivity index (χ0n) is 43.3. The number of para-hydroxylation sites is 1. The predicted octanol–water partition coefficient (Wildman–Crippen LogP) is 20.9. The highest BCUT2D eigenvalue weighted by Gasteiger charge is 2.36. The van der Waals surface area contributed by atoms with Gasteiger partial charge in [0, 0.05) is 39.5 Å². The minimum atomic E-state index is -0.139. The van der Waals surface area contributed by atoms with E-state index in [0.29, 0.717) is 0 Å². The van der Waals surface area contributed by atoms with Crippen molar-refractivity contribution in [2.24, 2.45) is 0 Å². The molecule has 0 fully saturated rings. The minimum absolute atomic E-state index is 0.139. The standard InChI is InChI=1S/C75H56N2/c1-75(2)73-34-19-18-33-67(73)68-48-47-66(50-74(68)75)77(65-32-20-29-60(49-65)54-23-10-4-11-24-54)64-45-39-59(40-46-64)72-52-69(56-25-12-5-13-26-56)71(51-70(72)57-27-14-6-15-28-57)58-37-43-63(44-38-58)76(61-30-16-7-17-31-61)62-41-35-55(36-42-62)53-21-8-3-9-22-53/h3-52H,1-2H3. The smallest absolute Gasteiger partial charge is 0.0467 e. The van der Waals surface area contributed by atoms with E-state index in [0.717, 1.165) is 45.3 Å². The number of rotatable bonds is 12. The molecule has 2 heteroatoms. The van der Waals surface area contributed by atoms with Crippen molar-refractivity contribution in [1.82, 2.24) is 0 Å². The molecule has 0 spiro atoms. The van der Waals surface area contributed by atoms with E-state index in [2.05, 4.69) is 327 Å². The van der Waals surface area contributed by atoms with E-state index in [4.69, 9.17) is 0 Å². The molecule has 12 aromatic rings. The SMILES string of the molecule is CC1(C)c2ccccc2-c2ccc(N(c3ccc(-c4cc(-c5ccccc5)c(-c5ccc(N(c6ccccc6)c6ccc(-c7ccccc7)cc6)cc5)cc4-c4ccccc4)cc3)c3cccc(-c4ccccc4)c3)cc21. The number of benzene rings is 12. The fourth-order valence-electron chi connectivity index (χ4n) is 11.6. The molecule has 0 amide bonds. The van der Waals surface area contributed by atoms with Gasteiger partial charge in [0.1, 0.15) is 0 Å². The summed E-state index contributed by atoms with van der Waals surface area (Å²) in [5.74, 6) is 0. The molecule has 77 heavy (non-hydrogen) atoms. The molecule has 0 bridgehead atoms. The molecule has 0 unspecified atom stereocenters. The van der Waals surface area contributed by atoms with Crippen molar-refractivity contribution in [3.8, 4) is 77.9 Å². The lowest BCUT2D eigenvalue weighted by molar-refractivity contribution is 0.660. The van der Waals surface area contributed by atoms with Gasteiger partial charge in [-0.3, -0.25) is 0 Å². The second kappa shape index (κ2) is 20.2. The van der Waals surface area contributed by atoms with Crippen molar-refractivity contribution in [1.29, 1.82) is 0 Å². The average Bonchev–Trinajstić information content (AvgIpc) is 3.74. The van der Waals surface area contributed by atoms with Gasteiger partial charge in [0.05, 0.1) is 0 Å². The molecule has 0 saturated carbocycles. The number of hydrogen-bond donors (Lipinski definition) is 0. The third kappa shape index (κ3) is 9.00. The second-order valence-corrected chi connectivity index (χ2v) is 20.5. The van der Waals surface area contributed by atoms with Crippen LogP contribution < -0.4 is 9.80 Å². The molecule has 0 aliphatic heterocycles. The highest BCUT2D eigenvalue weighted by molar-refractivity contribution is 5.96. The first kappa shape index (κ1) is 47.0. The number of anilines is 6. The molecule has 0 saturated heterocycles. The predicted molar refractivity (Wildman–Crippen MR) is 326 cm³/mol. The third-order valence-electron chi connectivity index (χ3n) is 15.5. The molecule has 0 N–H and O–H groups in total. The van der Waals surface area contributed by atoms with Crippen molar-refractivity contribution >= 4 is 34.1 Å². The second-order valence-electron chi connectivity index (χ2n) is 20.5. The maximum atomic E-state index is 2.43. The Morgan fingerprint density at radius 3 is 1.01 bits per heavy atom. The molecule has 366 valence electrons. The zero-order chi connectivity index (χ0) is 51.7. The van der Waals surface area contributed by atoms with E-state index in [1.165, 1.54) is 77.9 Å². The molecule has 1 aliphatic rings. The maximum absolute atomic E-state index is 2.43. The molecule has 13 rings (SSSR count). The summed E-state index contributed by atoms with van der Waals surface area (Å²) in [7, 11) is 0. The fraction of sp³-hybridized carbons (Fsp3) is 0.0400. The Bertz CT molecular complexity index is 4000. The first-order valence-corrected chi connectivity index (χ1v) is 26.7. The molecular formula is C75H56N2. The van der Waals surface area contributed by atoms with Crippen molar-refractivity contribution in [2.75, 3.05) is 9.80 Å². The number of hydrogen-bond acceptors (Lipinski definition) is 2. The van der Waals surface area contributed by atoms with Gasteiger partial charge in [0.15, 0.2) is 0 Å². The van der Waals surface area contributed by atoms with Gasteiger partial charge in [-0.05, 0) is 174 Å². The van der Waals surface area contributed by atoms with Crippen molar-refractivity contribution < 1.29 is 0 Å². The quantitative estimate of drug-likeness (QED) is 0.120. The van der Waals surface area contributed by atoms with Crippen molar-refractivity contribution in [3.63, 3.8) is 0 Å². The number of nitrogens with zero attached hydrogens (tertiary/aromatic N) is 2. The van der Waals surface area contributed by atoms with E-state index in [1.54, 1.807) is 0 Å². The van der Waals surface area contributed by atoms with Gasteiger partial charge in [0.25, 0.3) is 0 Å². The van der Waals surface area contributed by atoms with Gasteiger partial charge in [-0.15, -0.1) is 0 Å². The van der Waals surface area contributed by atoms with Crippen LogP contribution in [-0.2, 0) is 5.41 Å². The summed E-state index contributed by atoms with van der Waals surface area (Å²) in [6.07, 6.45) is 0. The van der Waals surface area contributed by atoms with Crippen LogP contribution in [-0.4, -0.2) is 0 Å². The average molecular weight is 985 g/mol. The van der Waals surface area contributed by atoms with Crippen LogP contribution in [0.15, 0.2) is 303 Å². The summed E-state index contributed by atoms with van der Waals surface area (Å²) in [5.41, 5.74) is 25.9. The summed E-state index contributed by atoms with van der Waals surface area (Å²) in [6, 6.07) is 111. The molecule has 0 radical (unpaired) electrons. The first-order valence-electron chi connectivity index (χ1n) is 26.7. The third-order valence-corrected chi connectivity index (χ3v) is 15.5. The summed E-state index contributed by atoms with van der Waals surface area (Å²) in [6.45, 7) is 4.72. The van der Waals surface area contributed by atoms with Gasteiger partial charge >= 0.3 is 0 Å². The molecule has 2 nitrogen and oxygen atoms in total. The van der Waals surface area contributed by atoms with Crippen LogP contribution in [0.25, 0.3) is 77.9 Å². The van der Waals surface area contributed by atoms with Crippen molar-refractivity contribution in [3.05, 3.63) is 314 Å². The Hall–Kier alpha value is -9.76. The van der Waals surface area contributed by atoms with E-state index < -0.39 is 0 Å². The molecule has 0 heterocycles. The van der Waals surface area contributed by atoms with E-state index in [-0.39, 0.29) is 5.41 Å². The zero-order valence-corrected chi connectivity index (χ0v) is 43.3. The molecule has 0 aromatic heterocycles. The topological polar surface area (TPSA) is 6.48 Å². The van der Waals surface area contributed by atoms with Crippen molar-refractivity contribution in [2.45, 2.75) is 19.3 Å². The molecule has 1 aliphatic carbocycles. The fourth-order valence-corrected chi connectivity index (χ4v) is 11.6. The van der Waals surface area contributed by atoms with Crippen LogP contribution in [0.1, 0.15) is 25.0 Å². The summed E-state index contributed by atoms with van der Waals surface area (Å²) in [4.78, 5) is 4.76. The minimum Gasteiger partial charge on any atom is -0.311 e. The Balaban J connectivity index is 0.919. The van der Waals surface area contributed by atoms with Crippen LogP contribution in [0.4, 0.5) is 34.1 Å². The van der Waals surface area contributed by atoms with E-state index in [1.807, 2.05) is 0 Å². The van der Waals surface area contributed by atoms with Crippen LogP contribution in [0, 0.1) is 0 Å². The normalized spacial score (nSPS) is 12.1. The summed E-state index contributed by atoms with van der Waals surface area (Å²) >= 11 is 0. The van der Waals surface area contributed by atoms with Crippen LogP contribution in [0.3, 0.4) is 0 Å². The Labute approximate surface area is 453 Å². The lowest BCUT2D eigenvalue weighted by atomic mass is 9.82. The number of fused-ring (bicyclic) bond motifs is 3. The van der Waals surface area contributed by atoms with Crippen LogP contribution in [0.5, 0.6) is 0 Å². The maximum Gasteiger partial charge on any atom is 0.0467 e. The van der Waals surface area contributed by atoms with Crippen LogP contribution >= 0.6 is 0 Å². The van der Waals surface area contributed by atoms with Gasteiger partial charge in [-0.1, -0.05) is 232 Å². The van der Waals surface area contributed by atoms with Gasteiger partial charge in [-0.2, -0.15) is 0 Å². The molecule has 12 aromatic carbocycles. The molecule has 0 atom stereocenters. The Kier molecular flexibility index (Phi) is 12.3. The highest BCUT2D eigenvalue weighted by Crippen LogP contribution is 2.51. The summed E-state index contributed by atoms with van der Waals surface area (Å²) in [5, 5.41) is 0.